The summed E-state index contributed by atoms with van der Waals surface area (Å²) in [5.41, 5.74) is 2.42. The number of nitrogens with zero attached hydrogens (tertiary/aromatic N) is 2. The fourth-order valence-electron chi connectivity index (χ4n) is 2.73. The molecule has 0 bridgehead atoms. The summed E-state index contributed by atoms with van der Waals surface area (Å²) in [6.07, 6.45) is 0.882. The maximum absolute atomic E-state index is 13.1. The van der Waals surface area contributed by atoms with Gasteiger partial charge in [0.15, 0.2) is 0 Å². The quantitative estimate of drug-likeness (QED) is 0.731. The molecule has 6 heteroatoms. The molecule has 1 N–H and O–H groups in total. The summed E-state index contributed by atoms with van der Waals surface area (Å²) in [6, 6.07) is 15.4. The highest BCUT2D eigenvalue weighted by molar-refractivity contribution is 5.90. The van der Waals surface area contributed by atoms with Crippen molar-refractivity contribution in [2.75, 3.05) is 12.4 Å². The fraction of sp³-hybridized carbons (Fsp3) is 0.200. The van der Waals surface area contributed by atoms with Crippen molar-refractivity contribution in [1.82, 2.24) is 9.78 Å². The van der Waals surface area contributed by atoms with Crippen LogP contribution in [0, 0.1) is 12.7 Å². The van der Waals surface area contributed by atoms with Gasteiger partial charge in [-0.15, -0.1) is 0 Å². The zero-order chi connectivity index (χ0) is 18.5. The van der Waals surface area contributed by atoms with Crippen molar-refractivity contribution in [3.8, 4) is 11.4 Å². The molecule has 0 radical (unpaired) electrons. The molecule has 0 aliphatic heterocycles. The smallest absolute Gasteiger partial charge is 0.225 e. The third kappa shape index (κ3) is 4.08. The van der Waals surface area contributed by atoms with E-state index in [2.05, 4.69) is 10.4 Å². The number of hydrogen-bond acceptors (Lipinski definition) is 3. The van der Waals surface area contributed by atoms with Gasteiger partial charge < -0.3 is 10.1 Å². The van der Waals surface area contributed by atoms with Crippen LogP contribution in [0.25, 0.3) is 5.69 Å². The van der Waals surface area contributed by atoms with Crippen molar-refractivity contribution in [2.24, 2.45) is 0 Å². The molecule has 0 aliphatic carbocycles. The molecule has 1 amide bonds. The Morgan fingerprint density at radius 3 is 2.65 bits per heavy atom. The Morgan fingerprint density at radius 1 is 1.19 bits per heavy atom. The number of carbonyl (C=O) groups is 1. The molecule has 0 spiro atoms. The topological polar surface area (TPSA) is 56.1 Å². The van der Waals surface area contributed by atoms with Crippen LogP contribution < -0.4 is 10.1 Å². The van der Waals surface area contributed by atoms with Crippen LogP contribution in [0.4, 0.5) is 10.2 Å². The summed E-state index contributed by atoms with van der Waals surface area (Å²) >= 11 is 0. The minimum absolute atomic E-state index is 0.126. The molecule has 0 atom stereocenters. The normalized spacial score (nSPS) is 10.6. The Hall–Kier alpha value is -3.15. The van der Waals surface area contributed by atoms with E-state index in [0.717, 1.165) is 17.0 Å². The molecule has 5 nitrogen and oxygen atoms in total. The predicted molar refractivity (Wildman–Crippen MR) is 98.2 cm³/mol. The SMILES string of the molecule is COc1ccccc1CCC(=O)Nc1cc(C)nn1-c1ccc(F)cc1. The van der Waals surface area contributed by atoms with Crippen molar-refractivity contribution < 1.29 is 13.9 Å². The minimum Gasteiger partial charge on any atom is -0.496 e. The molecular weight excluding hydrogens is 333 g/mol. The van der Waals surface area contributed by atoms with Gasteiger partial charge in [0.05, 0.1) is 18.5 Å². The Labute approximate surface area is 151 Å². The van der Waals surface area contributed by atoms with Gasteiger partial charge in [0.25, 0.3) is 0 Å². The first-order valence-corrected chi connectivity index (χ1v) is 8.31. The second-order valence-corrected chi connectivity index (χ2v) is 5.92. The standard InChI is InChI=1S/C20H20FN3O2/c1-14-13-19(24(23-14)17-10-8-16(21)9-11-17)22-20(25)12-7-15-5-3-4-6-18(15)26-2/h3-6,8-11,13H,7,12H2,1-2H3,(H,22,25). The molecule has 26 heavy (non-hydrogen) atoms. The minimum atomic E-state index is -0.319. The maximum Gasteiger partial charge on any atom is 0.225 e. The predicted octanol–water partition coefficient (Wildman–Crippen LogP) is 3.90. The van der Waals surface area contributed by atoms with Crippen molar-refractivity contribution in [1.29, 1.82) is 0 Å². The van der Waals surface area contributed by atoms with Gasteiger partial charge in [0.1, 0.15) is 17.4 Å². The van der Waals surface area contributed by atoms with Crippen LogP contribution in [0.2, 0.25) is 0 Å². The number of carbonyl (C=O) groups excluding carboxylic acids is 1. The van der Waals surface area contributed by atoms with E-state index < -0.39 is 0 Å². The van der Waals surface area contributed by atoms with Gasteiger partial charge in [-0.25, -0.2) is 9.07 Å². The number of rotatable bonds is 6. The van der Waals surface area contributed by atoms with E-state index in [9.17, 15) is 9.18 Å². The van der Waals surface area contributed by atoms with Gasteiger partial charge in [-0.05, 0) is 49.2 Å². The number of aryl methyl sites for hydroxylation is 2. The highest BCUT2D eigenvalue weighted by Gasteiger charge is 2.12. The average molecular weight is 353 g/mol. The van der Waals surface area contributed by atoms with Crippen LogP contribution >= 0.6 is 0 Å². The van der Waals surface area contributed by atoms with Crippen molar-refractivity contribution in [3.05, 3.63) is 71.7 Å². The van der Waals surface area contributed by atoms with E-state index in [1.54, 1.807) is 30.0 Å². The lowest BCUT2D eigenvalue weighted by Gasteiger charge is -2.10. The lowest BCUT2D eigenvalue weighted by Crippen LogP contribution is -2.15. The molecule has 2 aromatic carbocycles. The van der Waals surface area contributed by atoms with Crippen molar-refractivity contribution in [2.45, 2.75) is 19.8 Å². The second-order valence-electron chi connectivity index (χ2n) is 5.92. The van der Waals surface area contributed by atoms with Gasteiger partial charge >= 0.3 is 0 Å². The molecule has 3 rings (SSSR count). The molecule has 0 aliphatic rings. The number of nitrogens with one attached hydrogen (secondary N) is 1. The van der Waals surface area contributed by atoms with Gasteiger partial charge in [-0.3, -0.25) is 4.79 Å². The van der Waals surface area contributed by atoms with Gasteiger partial charge in [-0.2, -0.15) is 5.10 Å². The Kier molecular flexibility index (Phi) is 5.31. The molecule has 3 aromatic rings. The molecule has 1 aromatic heterocycles. The third-order valence-electron chi connectivity index (χ3n) is 3.98. The van der Waals surface area contributed by atoms with Crippen molar-refractivity contribution >= 4 is 11.7 Å². The van der Waals surface area contributed by atoms with E-state index in [4.69, 9.17) is 4.74 Å². The lowest BCUT2D eigenvalue weighted by molar-refractivity contribution is -0.116. The van der Waals surface area contributed by atoms with Crippen LogP contribution in [-0.4, -0.2) is 22.8 Å². The molecule has 0 fully saturated rings. The summed E-state index contributed by atoms with van der Waals surface area (Å²) in [5, 5.41) is 7.25. The summed E-state index contributed by atoms with van der Waals surface area (Å²) in [7, 11) is 1.61. The summed E-state index contributed by atoms with van der Waals surface area (Å²) in [4.78, 5) is 12.4. The molecule has 0 saturated heterocycles. The number of aromatic nitrogens is 2. The zero-order valence-electron chi connectivity index (χ0n) is 14.7. The molecular formula is C20H20FN3O2. The highest BCUT2D eigenvalue weighted by atomic mass is 19.1. The fourth-order valence-corrected chi connectivity index (χ4v) is 2.73. The average Bonchev–Trinajstić information content (AvgIpc) is 3.01. The van der Waals surface area contributed by atoms with Crippen LogP contribution in [0.1, 0.15) is 17.7 Å². The summed E-state index contributed by atoms with van der Waals surface area (Å²) < 4.78 is 20.0. The van der Waals surface area contributed by atoms with E-state index in [1.165, 1.54) is 12.1 Å². The monoisotopic (exact) mass is 353 g/mol. The number of benzene rings is 2. The first kappa shape index (κ1) is 17.7. The van der Waals surface area contributed by atoms with E-state index >= 15 is 0 Å². The Morgan fingerprint density at radius 2 is 1.92 bits per heavy atom. The second kappa shape index (κ2) is 7.82. The van der Waals surface area contributed by atoms with Gasteiger partial charge in [-0.1, -0.05) is 18.2 Å². The third-order valence-corrected chi connectivity index (χ3v) is 3.98. The summed E-state index contributed by atoms with van der Waals surface area (Å²) in [5.74, 6) is 0.880. The number of halogens is 1. The van der Waals surface area contributed by atoms with E-state index in [0.29, 0.717) is 24.3 Å². The number of ether oxygens (including phenoxy) is 1. The van der Waals surface area contributed by atoms with Crippen LogP contribution in [0.3, 0.4) is 0 Å². The molecule has 1 heterocycles. The number of methoxy groups -OCH3 is 1. The Bertz CT molecular complexity index is 904. The van der Waals surface area contributed by atoms with Crippen LogP contribution in [-0.2, 0) is 11.2 Å². The van der Waals surface area contributed by atoms with Crippen LogP contribution in [0.5, 0.6) is 5.75 Å². The Balaban J connectivity index is 1.71. The van der Waals surface area contributed by atoms with E-state index in [1.807, 2.05) is 31.2 Å². The molecule has 134 valence electrons. The van der Waals surface area contributed by atoms with Gasteiger partial charge in [0, 0.05) is 12.5 Å². The molecule has 0 unspecified atom stereocenters. The lowest BCUT2D eigenvalue weighted by atomic mass is 10.1. The molecule has 0 saturated carbocycles. The van der Waals surface area contributed by atoms with Gasteiger partial charge in [0.2, 0.25) is 5.91 Å². The number of hydrogen-bond donors (Lipinski definition) is 1. The van der Waals surface area contributed by atoms with Crippen molar-refractivity contribution in [3.63, 3.8) is 0 Å². The number of para-hydroxylation sites is 1. The number of amides is 1. The first-order chi connectivity index (χ1) is 12.6. The zero-order valence-corrected chi connectivity index (χ0v) is 14.7. The maximum atomic E-state index is 13.1. The number of anilines is 1. The van der Waals surface area contributed by atoms with Crippen LogP contribution in [0.15, 0.2) is 54.6 Å². The first-order valence-electron chi connectivity index (χ1n) is 8.31. The van der Waals surface area contributed by atoms with E-state index in [-0.39, 0.29) is 11.7 Å². The highest BCUT2D eigenvalue weighted by Crippen LogP contribution is 2.20. The largest absolute Gasteiger partial charge is 0.496 e. The summed E-state index contributed by atoms with van der Waals surface area (Å²) in [6.45, 7) is 1.84.